The molecule has 0 N–H and O–H groups in total. The van der Waals surface area contributed by atoms with E-state index in [9.17, 15) is 24.5 Å². The number of carbonyl (C=O) groups is 3. The second kappa shape index (κ2) is 14.2. The van der Waals surface area contributed by atoms with Crippen molar-refractivity contribution in [1.82, 2.24) is 0 Å². The van der Waals surface area contributed by atoms with Crippen LogP contribution in [0.5, 0.6) is 11.5 Å². The maximum absolute atomic E-state index is 13.6. The molecule has 43 heavy (non-hydrogen) atoms. The van der Waals surface area contributed by atoms with Gasteiger partial charge in [-0.1, -0.05) is 57.2 Å². The van der Waals surface area contributed by atoms with E-state index in [0.717, 1.165) is 7.11 Å². The van der Waals surface area contributed by atoms with Gasteiger partial charge in [-0.25, -0.2) is 4.79 Å². The van der Waals surface area contributed by atoms with Crippen LogP contribution < -0.4 is 4.74 Å². The predicted molar refractivity (Wildman–Crippen MR) is 163 cm³/mol. The number of Topliss-reactive ketones (excluding diaryl/α,β-unsaturated/α-hetero) is 1. The van der Waals surface area contributed by atoms with Gasteiger partial charge in [-0.15, -0.1) is 0 Å². The van der Waals surface area contributed by atoms with Crippen LogP contribution in [-0.4, -0.2) is 50.8 Å². The monoisotopic (exact) mass is 607 g/mol. The Labute approximate surface area is 252 Å². The summed E-state index contributed by atoms with van der Waals surface area (Å²) in [6.45, 7) is 10.4. The van der Waals surface area contributed by atoms with Crippen molar-refractivity contribution < 1.29 is 37.9 Å². The highest BCUT2D eigenvalue weighted by Crippen LogP contribution is 2.38. The van der Waals surface area contributed by atoms with E-state index in [1.54, 1.807) is 30.3 Å². The van der Waals surface area contributed by atoms with Crippen LogP contribution in [0.2, 0.25) is 18.1 Å². The lowest BCUT2D eigenvalue weighted by Crippen LogP contribution is -2.41. The fourth-order valence-corrected chi connectivity index (χ4v) is 5.04. The number of nitro groups is 1. The van der Waals surface area contributed by atoms with Crippen LogP contribution in [0.3, 0.4) is 0 Å². The summed E-state index contributed by atoms with van der Waals surface area (Å²) < 4.78 is 22.2. The van der Waals surface area contributed by atoms with E-state index >= 15 is 0 Å². The predicted octanol–water partition coefficient (Wildman–Crippen LogP) is 6.85. The van der Waals surface area contributed by atoms with Crippen LogP contribution in [0, 0.1) is 10.1 Å². The van der Waals surface area contributed by atoms with Crippen molar-refractivity contribution in [1.29, 1.82) is 0 Å². The van der Waals surface area contributed by atoms with Gasteiger partial charge >= 0.3 is 11.9 Å². The molecule has 0 aliphatic carbocycles. The van der Waals surface area contributed by atoms with Gasteiger partial charge in [0.2, 0.25) is 5.78 Å². The van der Waals surface area contributed by atoms with E-state index in [1.165, 1.54) is 30.3 Å². The lowest BCUT2D eigenvalue weighted by Gasteiger charge is -2.36. The molecule has 3 aromatic rings. The van der Waals surface area contributed by atoms with E-state index in [0.29, 0.717) is 11.5 Å². The molecule has 0 radical (unpaired) electrons. The maximum atomic E-state index is 13.6. The normalized spacial score (nSPS) is 13.0. The number of hydrogen-bond donors (Lipinski definition) is 0. The molecule has 0 bridgehead atoms. The molecule has 2 atom stereocenters. The third-order valence-electron chi connectivity index (χ3n) is 7.47. The molecule has 228 valence electrons. The van der Waals surface area contributed by atoms with Gasteiger partial charge in [0.15, 0.2) is 8.32 Å². The number of ketones is 1. The van der Waals surface area contributed by atoms with Crippen molar-refractivity contribution in [2.45, 2.75) is 57.3 Å². The highest BCUT2D eigenvalue weighted by Gasteiger charge is 2.39. The van der Waals surface area contributed by atoms with Gasteiger partial charge < -0.3 is 18.6 Å². The Morgan fingerprint density at radius 3 is 2.02 bits per heavy atom. The van der Waals surface area contributed by atoms with Gasteiger partial charge in [0.05, 0.1) is 18.0 Å². The van der Waals surface area contributed by atoms with Crippen molar-refractivity contribution in [3.05, 3.63) is 100 Å². The van der Waals surface area contributed by atoms with Gasteiger partial charge in [-0.05, 0) is 61.0 Å². The highest BCUT2D eigenvalue weighted by molar-refractivity contribution is 6.74. The summed E-state index contributed by atoms with van der Waals surface area (Å²) in [6, 6.07) is 20.8. The molecule has 11 heteroatoms. The largest absolute Gasteiger partial charge is 0.466 e. The lowest BCUT2D eigenvalue weighted by atomic mass is 9.94. The summed E-state index contributed by atoms with van der Waals surface area (Å²) in [4.78, 5) is 50.9. The molecule has 0 saturated carbocycles. The summed E-state index contributed by atoms with van der Waals surface area (Å²) in [5, 5.41) is 11.7. The molecular weight excluding hydrogens is 570 g/mol. The van der Waals surface area contributed by atoms with E-state index < -0.39 is 43.0 Å². The zero-order valence-electron chi connectivity index (χ0n) is 25.2. The SMILES string of the molecule is COC(=O)C(OC(=O)C(CCO[Si](C)(C)C(C)(C)C)c1ccccc1[N+](=O)[O-])C(=O)c1ccc(Oc2ccccc2)cc1. The number of methoxy groups -OCH3 is 1. The first-order valence-electron chi connectivity index (χ1n) is 13.8. The van der Waals surface area contributed by atoms with Crippen LogP contribution >= 0.6 is 0 Å². The van der Waals surface area contributed by atoms with E-state index in [2.05, 4.69) is 20.8 Å². The first-order chi connectivity index (χ1) is 20.2. The fourth-order valence-electron chi connectivity index (χ4n) is 3.97. The quantitative estimate of drug-likeness (QED) is 0.0511. The third-order valence-corrected chi connectivity index (χ3v) is 12.0. The Morgan fingerprint density at radius 1 is 0.860 bits per heavy atom. The molecule has 0 aliphatic heterocycles. The number of esters is 2. The van der Waals surface area contributed by atoms with Gasteiger partial charge in [-0.3, -0.25) is 19.7 Å². The van der Waals surface area contributed by atoms with Crippen molar-refractivity contribution in [2.75, 3.05) is 13.7 Å². The number of nitrogens with zero attached hydrogens (tertiary/aromatic N) is 1. The van der Waals surface area contributed by atoms with Crippen LogP contribution in [0.25, 0.3) is 0 Å². The molecule has 0 fully saturated rings. The molecule has 10 nitrogen and oxygen atoms in total. The Kier molecular flexibility index (Phi) is 11.0. The van der Waals surface area contributed by atoms with E-state index in [4.69, 9.17) is 18.6 Å². The van der Waals surface area contributed by atoms with Crippen LogP contribution in [-0.2, 0) is 23.5 Å². The average molecular weight is 608 g/mol. The van der Waals surface area contributed by atoms with Crippen LogP contribution in [0.15, 0.2) is 78.9 Å². The minimum atomic E-state index is -2.21. The second-order valence-corrected chi connectivity index (χ2v) is 16.2. The van der Waals surface area contributed by atoms with Crippen molar-refractivity contribution in [3.8, 4) is 11.5 Å². The number of para-hydroxylation sites is 2. The first-order valence-corrected chi connectivity index (χ1v) is 16.7. The second-order valence-electron chi connectivity index (χ2n) is 11.4. The Morgan fingerprint density at radius 2 is 1.44 bits per heavy atom. The standard InChI is InChI=1S/C32H37NO9Si/c1-32(2,3)43(5,6)40-21-20-26(25-14-10-11-15-27(25)33(37)38)30(35)42-29(31(36)39-4)28(34)22-16-18-24(19-17-22)41-23-12-8-7-9-13-23/h7-19,26,29H,20-21H2,1-6H3. The van der Waals surface area contributed by atoms with Crippen LogP contribution in [0.1, 0.15) is 49.0 Å². The van der Waals surface area contributed by atoms with Gasteiger partial charge in [0.25, 0.3) is 11.8 Å². The summed E-state index contributed by atoms with van der Waals surface area (Å²) in [6.07, 6.45) is -1.89. The van der Waals surface area contributed by atoms with E-state index in [1.807, 2.05) is 31.3 Å². The maximum Gasteiger partial charge on any atom is 0.355 e. The fraction of sp³-hybridized carbons (Fsp3) is 0.344. The lowest BCUT2D eigenvalue weighted by molar-refractivity contribution is -0.385. The summed E-state index contributed by atoms with van der Waals surface area (Å²) in [5.41, 5.74) is -0.117. The highest BCUT2D eigenvalue weighted by atomic mass is 28.4. The number of benzene rings is 3. The van der Waals surface area contributed by atoms with Crippen molar-refractivity contribution >= 4 is 31.7 Å². The Balaban J connectivity index is 1.87. The summed E-state index contributed by atoms with van der Waals surface area (Å²) in [5.74, 6) is -3.02. The number of ether oxygens (including phenoxy) is 3. The van der Waals surface area contributed by atoms with E-state index in [-0.39, 0.29) is 34.9 Å². The van der Waals surface area contributed by atoms with Crippen molar-refractivity contribution in [3.63, 3.8) is 0 Å². The number of rotatable bonds is 13. The smallest absolute Gasteiger partial charge is 0.355 e. The molecule has 0 spiro atoms. The summed E-state index contributed by atoms with van der Waals surface area (Å²) >= 11 is 0. The minimum absolute atomic E-state index is 0.0315. The Hall–Kier alpha value is -4.35. The average Bonchev–Trinajstić information content (AvgIpc) is 2.97. The third kappa shape index (κ3) is 8.59. The van der Waals surface area contributed by atoms with Crippen molar-refractivity contribution in [2.24, 2.45) is 0 Å². The first kappa shape index (κ1) is 33.2. The van der Waals surface area contributed by atoms with Gasteiger partial charge in [0, 0.05) is 23.8 Å². The van der Waals surface area contributed by atoms with Gasteiger partial charge in [-0.2, -0.15) is 0 Å². The summed E-state index contributed by atoms with van der Waals surface area (Å²) in [7, 11) is -1.15. The number of carbonyl (C=O) groups excluding carboxylic acids is 3. The molecule has 0 heterocycles. The topological polar surface area (TPSA) is 131 Å². The zero-order chi connectivity index (χ0) is 31.8. The molecule has 0 aliphatic rings. The molecule has 3 aromatic carbocycles. The molecule has 2 unspecified atom stereocenters. The zero-order valence-corrected chi connectivity index (χ0v) is 26.2. The minimum Gasteiger partial charge on any atom is -0.466 e. The van der Waals surface area contributed by atoms with Crippen LogP contribution in [0.4, 0.5) is 5.69 Å². The molecular formula is C32H37NO9Si. The molecule has 0 aromatic heterocycles. The van der Waals surface area contributed by atoms with Gasteiger partial charge in [0.1, 0.15) is 11.5 Å². The Bertz CT molecular complexity index is 1430. The number of nitro benzene ring substituents is 1. The molecule has 0 amide bonds. The molecule has 0 saturated heterocycles. The molecule has 3 rings (SSSR count). The number of hydrogen-bond acceptors (Lipinski definition) is 9.